The lowest BCUT2D eigenvalue weighted by molar-refractivity contribution is 0.190. The van der Waals surface area contributed by atoms with Crippen LogP contribution in [0.25, 0.3) is 10.7 Å². The Morgan fingerprint density at radius 1 is 1.38 bits per heavy atom. The minimum atomic E-state index is 0.0744. The number of ether oxygens (including phenoxy) is 1. The van der Waals surface area contributed by atoms with Crippen LogP contribution in [0.4, 0.5) is 0 Å². The third-order valence-electron chi connectivity index (χ3n) is 2.68. The van der Waals surface area contributed by atoms with Crippen molar-refractivity contribution in [3.05, 3.63) is 22.0 Å². The van der Waals surface area contributed by atoms with E-state index in [0.29, 0.717) is 13.2 Å². The van der Waals surface area contributed by atoms with Gasteiger partial charge in [0.2, 0.25) is 0 Å². The minimum absolute atomic E-state index is 0.0744. The fourth-order valence-electron chi connectivity index (χ4n) is 1.77. The van der Waals surface area contributed by atoms with Crippen molar-refractivity contribution in [2.75, 3.05) is 13.2 Å². The fourth-order valence-corrected chi connectivity index (χ4v) is 3.23. The molecule has 2 aromatic heterocycles. The fraction of sp³-hybridized carbons (Fsp3) is 0.400. The van der Waals surface area contributed by atoms with E-state index in [1.54, 1.807) is 22.7 Å². The summed E-state index contributed by atoms with van der Waals surface area (Å²) < 4.78 is 5.35. The molecule has 0 spiro atoms. The number of nitrogens with zero attached hydrogens (tertiary/aromatic N) is 2. The third kappa shape index (κ3) is 1.78. The van der Waals surface area contributed by atoms with Gasteiger partial charge in [0.1, 0.15) is 10.7 Å². The summed E-state index contributed by atoms with van der Waals surface area (Å²) in [4.78, 5) is 8.84. The van der Waals surface area contributed by atoms with Crippen molar-refractivity contribution in [3.8, 4) is 10.7 Å². The molecule has 1 fully saturated rings. The molecule has 1 aliphatic heterocycles. The van der Waals surface area contributed by atoms with E-state index in [2.05, 4.69) is 15.3 Å². The van der Waals surface area contributed by atoms with Crippen LogP contribution in [0.1, 0.15) is 11.6 Å². The van der Waals surface area contributed by atoms with Gasteiger partial charge in [-0.3, -0.25) is 0 Å². The molecule has 2 N–H and O–H groups in total. The maximum Gasteiger partial charge on any atom is 0.142 e. The van der Waals surface area contributed by atoms with Crippen LogP contribution < -0.4 is 5.73 Å². The summed E-state index contributed by atoms with van der Waals surface area (Å²) in [5, 5.41) is 5.04. The van der Waals surface area contributed by atoms with E-state index in [1.165, 1.54) is 0 Å². The maximum atomic E-state index is 5.97. The molecule has 0 radical (unpaired) electrons. The molecule has 6 heteroatoms. The van der Waals surface area contributed by atoms with Crippen molar-refractivity contribution in [1.29, 1.82) is 0 Å². The topological polar surface area (TPSA) is 61.0 Å². The van der Waals surface area contributed by atoms with E-state index in [1.807, 2.05) is 10.9 Å². The molecule has 3 rings (SSSR count). The number of aromatic nitrogens is 2. The lowest BCUT2D eigenvalue weighted by Crippen LogP contribution is -2.26. The molecule has 0 bridgehead atoms. The lowest BCUT2D eigenvalue weighted by atomic mass is 10.0. The van der Waals surface area contributed by atoms with Crippen molar-refractivity contribution in [2.24, 2.45) is 5.73 Å². The normalized spacial score (nSPS) is 25.1. The van der Waals surface area contributed by atoms with Gasteiger partial charge in [-0.05, 0) is 0 Å². The van der Waals surface area contributed by atoms with Crippen molar-refractivity contribution in [2.45, 2.75) is 12.0 Å². The van der Waals surface area contributed by atoms with Gasteiger partial charge in [0.05, 0.1) is 24.4 Å². The highest BCUT2D eigenvalue weighted by atomic mass is 32.1. The largest absolute Gasteiger partial charge is 0.379 e. The summed E-state index contributed by atoms with van der Waals surface area (Å²) in [5.74, 6) is 0.239. The molecule has 1 aliphatic rings. The van der Waals surface area contributed by atoms with Crippen LogP contribution in [-0.2, 0) is 4.74 Å². The van der Waals surface area contributed by atoms with Gasteiger partial charge in [0.25, 0.3) is 0 Å². The van der Waals surface area contributed by atoms with E-state index in [9.17, 15) is 0 Å². The molecule has 16 heavy (non-hydrogen) atoms. The van der Waals surface area contributed by atoms with Gasteiger partial charge in [-0.1, -0.05) is 0 Å². The first-order valence-corrected chi connectivity index (χ1v) is 6.84. The summed E-state index contributed by atoms with van der Waals surface area (Å²) in [5.41, 5.74) is 9.78. The first-order chi connectivity index (χ1) is 7.84. The summed E-state index contributed by atoms with van der Waals surface area (Å²) in [7, 11) is 0. The Morgan fingerprint density at radius 2 is 2.31 bits per heavy atom. The second kappa shape index (κ2) is 4.21. The molecule has 3 heterocycles. The molecule has 4 nitrogen and oxygen atoms in total. The van der Waals surface area contributed by atoms with E-state index < -0.39 is 0 Å². The first-order valence-electron chi connectivity index (χ1n) is 5.02. The number of hydrogen-bond acceptors (Lipinski definition) is 6. The summed E-state index contributed by atoms with van der Waals surface area (Å²) >= 11 is 3.20. The van der Waals surface area contributed by atoms with Crippen LogP contribution in [0, 0.1) is 0 Å². The van der Waals surface area contributed by atoms with Crippen LogP contribution in [-0.4, -0.2) is 29.2 Å². The average Bonchev–Trinajstić information content (AvgIpc) is 2.96. The molecule has 1 saturated heterocycles. The van der Waals surface area contributed by atoms with E-state index in [4.69, 9.17) is 10.5 Å². The van der Waals surface area contributed by atoms with Gasteiger partial charge in [-0.2, -0.15) is 0 Å². The predicted molar refractivity (Wildman–Crippen MR) is 64.8 cm³/mol. The standard InChI is InChI=1S/C10H11N3OS2/c11-7-2-14-1-6(7)8-4-16-10(13-8)9-3-15-5-12-9/h3-7H,1-2,11H2. The zero-order valence-electron chi connectivity index (χ0n) is 8.50. The summed E-state index contributed by atoms with van der Waals surface area (Å²) in [6, 6.07) is 0.0744. The number of nitrogens with two attached hydrogens (primary N) is 1. The van der Waals surface area contributed by atoms with Crippen molar-refractivity contribution < 1.29 is 4.74 Å². The highest BCUT2D eigenvalue weighted by molar-refractivity contribution is 7.13. The Balaban J connectivity index is 1.88. The van der Waals surface area contributed by atoms with E-state index in [0.717, 1.165) is 16.4 Å². The smallest absolute Gasteiger partial charge is 0.142 e. The number of rotatable bonds is 2. The second-order valence-corrected chi connectivity index (χ2v) is 5.34. The zero-order chi connectivity index (χ0) is 11.0. The molecule has 2 unspecified atom stereocenters. The molecule has 0 aliphatic carbocycles. The highest BCUT2D eigenvalue weighted by Gasteiger charge is 2.28. The summed E-state index contributed by atoms with van der Waals surface area (Å²) in [6.45, 7) is 1.32. The SMILES string of the molecule is NC1COCC1c1csc(-c2cscn2)n1. The molecule has 0 amide bonds. The molecular formula is C10H11N3OS2. The monoisotopic (exact) mass is 253 g/mol. The number of thiazole rings is 2. The Hall–Kier alpha value is -0.820. The average molecular weight is 253 g/mol. The summed E-state index contributed by atoms with van der Waals surface area (Å²) in [6.07, 6.45) is 0. The van der Waals surface area contributed by atoms with Crippen LogP contribution in [0.15, 0.2) is 16.3 Å². The Kier molecular flexibility index (Phi) is 2.72. The number of hydrogen-bond donors (Lipinski definition) is 1. The minimum Gasteiger partial charge on any atom is -0.379 e. The van der Waals surface area contributed by atoms with Gasteiger partial charge in [-0.15, -0.1) is 22.7 Å². The first kappa shape index (κ1) is 10.3. The Bertz CT molecular complexity index is 468. The molecule has 84 valence electrons. The van der Waals surface area contributed by atoms with Crippen molar-refractivity contribution >= 4 is 22.7 Å². The second-order valence-electron chi connectivity index (χ2n) is 3.76. The van der Waals surface area contributed by atoms with Gasteiger partial charge < -0.3 is 10.5 Å². The molecule has 2 atom stereocenters. The van der Waals surface area contributed by atoms with Crippen molar-refractivity contribution in [3.63, 3.8) is 0 Å². The van der Waals surface area contributed by atoms with Gasteiger partial charge in [0, 0.05) is 22.7 Å². The molecular weight excluding hydrogens is 242 g/mol. The Morgan fingerprint density at radius 3 is 3.00 bits per heavy atom. The molecule has 2 aromatic rings. The molecule has 0 saturated carbocycles. The maximum absolute atomic E-state index is 5.97. The van der Waals surface area contributed by atoms with Crippen LogP contribution in [0.5, 0.6) is 0 Å². The van der Waals surface area contributed by atoms with E-state index >= 15 is 0 Å². The predicted octanol–water partition coefficient (Wildman–Crippen LogP) is 1.71. The molecule has 0 aromatic carbocycles. The third-order valence-corrected chi connectivity index (χ3v) is 4.15. The van der Waals surface area contributed by atoms with E-state index in [-0.39, 0.29) is 12.0 Å². The highest BCUT2D eigenvalue weighted by Crippen LogP contribution is 2.30. The van der Waals surface area contributed by atoms with Crippen LogP contribution in [0.2, 0.25) is 0 Å². The zero-order valence-corrected chi connectivity index (χ0v) is 10.1. The van der Waals surface area contributed by atoms with Gasteiger partial charge in [0.15, 0.2) is 0 Å². The van der Waals surface area contributed by atoms with Gasteiger partial charge in [-0.25, -0.2) is 9.97 Å². The Labute approximate surface area is 101 Å². The quantitative estimate of drug-likeness (QED) is 0.885. The lowest BCUT2D eigenvalue weighted by Gasteiger charge is -2.08. The van der Waals surface area contributed by atoms with Crippen molar-refractivity contribution in [1.82, 2.24) is 9.97 Å². The van der Waals surface area contributed by atoms with Crippen LogP contribution >= 0.6 is 22.7 Å². The van der Waals surface area contributed by atoms with Gasteiger partial charge >= 0.3 is 0 Å². The van der Waals surface area contributed by atoms with Crippen LogP contribution in [0.3, 0.4) is 0 Å².